The molecule has 0 fully saturated rings. The minimum absolute atomic E-state index is 0.415. The number of nitrogens with zero attached hydrogens (tertiary/aromatic N) is 8. The van der Waals surface area contributed by atoms with Gasteiger partial charge in [-0.15, -0.1) is 0 Å². The van der Waals surface area contributed by atoms with E-state index in [2.05, 4.69) is 259 Å². The van der Waals surface area contributed by atoms with Crippen molar-refractivity contribution in [3.8, 4) is 79.7 Å². The Hall–Kier alpha value is -11.7. The van der Waals surface area contributed by atoms with Crippen LogP contribution in [0.4, 0.5) is 0 Å². The van der Waals surface area contributed by atoms with E-state index in [4.69, 9.17) is 29.9 Å². The molecule has 0 radical (unpaired) electrons. The largest absolute Gasteiger partial charge is 0.277 e. The molecule has 422 valence electrons. The van der Waals surface area contributed by atoms with Gasteiger partial charge in [-0.2, -0.15) is 19.9 Å². The second-order valence-electron chi connectivity index (χ2n) is 23.9. The molecule has 0 saturated carbocycles. The van der Waals surface area contributed by atoms with Crippen LogP contribution in [0.3, 0.4) is 0 Å². The second kappa shape index (κ2) is 20.2. The summed E-state index contributed by atoms with van der Waals surface area (Å²) in [6.45, 7) is 2.41. The summed E-state index contributed by atoms with van der Waals surface area (Å²) in [4.78, 5) is 32.1. The summed E-state index contributed by atoms with van der Waals surface area (Å²) in [5.74, 6) is 3.55. The number of aromatic nitrogens is 8. The summed E-state index contributed by atoms with van der Waals surface area (Å²) in [6.07, 6.45) is 0.740. The van der Waals surface area contributed by atoms with E-state index in [1.807, 2.05) is 54.6 Å². The molecule has 90 heavy (non-hydrogen) atoms. The van der Waals surface area contributed by atoms with E-state index in [1.165, 1.54) is 61.2 Å². The highest BCUT2D eigenvalue weighted by Crippen LogP contribution is 2.59. The van der Waals surface area contributed by atoms with Crippen LogP contribution >= 0.6 is 0 Å². The SMILES string of the molecule is CC1(Cc2ccc(-c3nc(-c4ccccc4)nc(-n4c5ccccc5c5ccc6c(c54)-c4ccccc4C6(c4ccccc4)c4ccccc4)n3)cc2)c2ccccc2-c2c1ccc1c3ccccc3n(-c3nc(-c4ccccc4)nc(-c4ccccc4)n3)c21. The Morgan fingerprint density at radius 3 is 1.13 bits per heavy atom. The van der Waals surface area contributed by atoms with Crippen LogP contribution < -0.4 is 0 Å². The number of hydrogen-bond donors (Lipinski definition) is 0. The van der Waals surface area contributed by atoms with Crippen LogP contribution in [-0.4, -0.2) is 39.0 Å². The highest BCUT2D eigenvalue weighted by atomic mass is 15.2. The first kappa shape index (κ1) is 51.5. The Morgan fingerprint density at radius 1 is 0.289 bits per heavy atom. The van der Waals surface area contributed by atoms with Crippen LogP contribution in [0.2, 0.25) is 0 Å². The summed E-state index contributed by atoms with van der Waals surface area (Å²) in [7, 11) is 0. The van der Waals surface area contributed by atoms with E-state index >= 15 is 0 Å². The first-order chi connectivity index (χ1) is 44.5. The van der Waals surface area contributed by atoms with E-state index in [1.54, 1.807) is 0 Å². The molecule has 0 aliphatic heterocycles. The topological polar surface area (TPSA) is 87.2 Å². The highest BCUT2D eigenvalue weighted by Gasteiger charge is 2.48. The van der Waals surface area contributed by atoms with E-state index in [-0.39, 0.29) is 0 Å². The summed E-state index contributed by atoms with van der Waals surface area (Å²) < 4.78 is 4.58. The third-order valence-corrected chi connectivity index (χ3v) is 19.0. The molecule has 2 aliphatic carbocycles. The third kappa shape index (κ3) is 7.67. The second-order valence-corrected chi connectivity index (χ2v) is 23.9. The first-order valence-corrected chi connectivity index (χ1v) is 30.7. The minimum Gasteiger partial charge on any atom is -0.277 e. The molecule has 12 aromatic carbocycles. The molecule has 18 rings (SSSR count). The first-order valence-electron chi connectivity index (χ1n) is 30.7. The Balaban J connectivity index is 0.791. The summed E-state index contributed by atoms with van der Waals surface area (Å²) in [6, 6.07) is 106. The monoisotopic (exact) mass is 1150 g/mol. The van der Waals surface area contributed by atoms with Crippen LogP contribution in [0.5, 0.6) is 0 Å². The Bertz CT molecular complexity index is 5410. The average Bonchev–Trinajstić information content (AvgIpc) is 1.53. The van der Waals surface area contributed by atoms with Gasteiger partial charge in [-0.05, 0) is 68.6 Å². The van der Waals surface area contributed by atoms with Gasteiger partial charge in [0, 0.05) is 60.3 Å². The predicted octanol–water partition coefficient (Wildman–Crippen LogP) is 18.8. The molecular weight excluding hydrogens is 1100 g/mol. The molecule has 0 bridgehead atoms. The number of hydrogen-bond acceptors (Lipinski definition) is 6. The van der Waals surface area contributed by atoms with Crippen molar-refractivity contribution in [1.82, 2.24) is 39.0 Å². The number of benzene rings is 12. The smallest absolute Gasteiger partial charge is 0.238 e. The van der Waals surface area contributed by atoms with Crippen LogP contribution in [0.25, 0.3) is 123 Å². The molecule has 0 spiro atoms. The molecule has 1 atom stereocenters. The Morgan fingerprint density at radius 2 is 0.656 bits per heavy atom. The molecule has 2 aliphatic rings. The van der Waals surface area contributed by atoms with Crippen molar-refractivity contribution >= 4 is 43.6 Å². The number of rotatable bonds is 10. The molecule has 4 heterocycles. The van der Waals surface area contributed by atoms with Crippen molar-refractivity contribution in [3.05, 3.63) is 336 Å². The quantitative estimate of drug-likeness (QED) is 0.136. The van der Waals surface area contributed by atoms with E-state index in [9.17, 15) is 0 Å². The molecule has 0 amide bonds. The predicted molar refractivity (Wildman–Crippen MR) is 363 cm³/mol. The molecule has 0 saturated heterocycles. The zero-order chi connectivity index (χ0) is 59.5. The summed E-state index contributed by atoms with van der Waals surface area (Å²) in [5.41, 5.74) is 20.2. The Labute approximate surface area is 519 Å². The van der Waals surface area contributed by atoms with Gasteiger partial charge in [-0.1, -0.05) is 292 Å². The maximum atomic E-state index is 5.56. The van der Waals surface area contributed by atoms with Crippen LogP contribution in [0, 0.1) is 0 Å². The van der Waals surface area contributed by atoms with Gasteiger partial charge in [0.25, 0.3) is 0 Å². The standard InChI is InChI=1S/C82H54N8/c1-81(65-39-21-17-37-63(65)71-67(81)49-47-61-59-35-19-23-41-69(59)89(73(61)71)79-85-75(53-25-7-2-8-26-53)83-76(86-79)54-27-9-3-10-28-54)51-52-43-45-56(46-44-52)78-84-77(55-29-11-4-12-30-55)87-80(88-78)90-70-42-24-20-36-60(70)62-48-50-68-72(74(62)90)64-38-18-22-40-66(64)82(68,57-31-13-5-14-32-57)58-33-15-6-16-34-58/h2-50H,51H2,1H3. The fraction of sp³-hybridized carbons (Fsp3) is 0.0488. The average molecular weight is 1150 g/mol. The molecular formula is C82H54N8. The number of para-hydroxylation sites is 2. The van der Waals surface area contributed by atoms with E-state index in [0.717, 1.165) is 72.3 Å². The normalized spacial score (nSPS) is 14.5. The van der Waals surface area contributed by atoms with Crippen LogP contribution in [-0.2, 0) is 17.3 Å². The van der Waals surface area contributed by atoms with Crippen LogP contribution in [0.15, 0.2) is 297 Å². The highest BCUT2D eigenvalue weighted by molar-refractivity contribution is 6.17. The summed E-state index contributed by atoms with van der Waals surface area (Å²) >= 11 is 0. The van der Waals surface area contributed by atoms with Gasteiger partial charge in [0.05, 0.1) is 27.5 Å². The fourth-order valence-electron chi connectivity index (χ4n) is 15.1. The van der Waals surface area contributed by atoms with Gasteiger partial charge >= 0.3 is 0 Å². The minimum atomic E-state index is -0.591. The maximum absolute atomic E-state index is 5.56. The molecule has 4 aromatic heterocycles. The molecule has 8 nitrogen and oxygen atoms in total. The van der Waals surface area contributed by atoms with Gasteiger partial charge in [0.15, 0.2) is 23.3 Å². The molecule has 8 heteroatoms. The fourth-order valence-corrected chi connectivity index (χ4v) is 15.1. The maximum Gasteiger partial charge on any atom is 0.238 e. The molecule has 1 unspecified atom stereocenters. The zero-order valence-electron chi connectivity index (χ0n) is 49.1. The van der Waals surface area contributed by atoms with E-state index < -0.39 is 10.8 Å². The van der Waals surface area contributed by atoms with Crippen molar-refractivity contribution in [2.45, 2.75) is 24.2 Å². The lowest BCUT2D eigenvalue weighted by atomic mass is 9.67. The van der Waals surface area contributed by atoms with Crippen molar-refractivity contribution < 1.29 is 0 Å². The lowest BCUT2D eigenvalue weighted by molar-refractivity contribution is 0.583. The summed E-state index contributed by atoms with van der Waals surface area (Å²) in [5, 5.41) is 4.54. The van der Waals surface area contributed by atoms with Gasteiger partial charge in [0.1, 0.15) is 0 Å². The van der Waals surface area contributed by atoms with Crippen molar-refractivity contribution in [3.63, 3.8) is 0 Å². The van der Waals surface area contributed by atoms with Gasteiger partial charge in [-0.3, -0.25) is 9.13 Å². The van der Waals surface area contributed by atoms with Crippen molar-refractivity contribution in [1.29, 1.82) is 0 Å². The van der Waals surface area contributed by atoms with Crippen LogP contribution in [0.1, 0.15) is 45.9 Å². The van der Waals surface area contributed by atoms with Crippen molar-refractivity contribution in [2.24, 2.45) is 0 Å². The Kier molecular flexibility index (Phi) is 11.5. The lowest BCUT2D eigenvalue weighted by Crippen LogP contribution is -2.28. The molecule has 16 aromatic rings. The lowest BCUT2D eigenvalue weighted by Gasteiger charge is -2.33. The number of fused-ring (bicyclic) bond motifs is 14. The van der Waals surface area contributed by atoms with Crippen molar-refractivity contribution in [2.75, 3.05) is 0 Å². The zero-order valence-corrected chi connectivity index (χ0v) is 49.1. The third-order valence-electron chi connectivity index (χ3n) is 19.0. The van der Waals surface area contributed by atoms with Gasteiger partial charge in [-0.25, -0.2) is 9.97 Å². The van der Waals surface area contributed by atoms with Gasteiger partial charge < -0.3 is 0 Å². The molecule has 0 N–H and O–H groups in total. The van der Waals surface area contributed by atoms with E-state index in [0.29, 0.717) is 35.2 Å². The van der Waals surface area contributed by atoms with Gasteiger partial charge in [0.2, 0.25) is 11.9 Å².